The molecule has 0 bridgehead atoms. The van der Waals surface area contributed by atoms with Crippen molar-refractivity contribution in [3.05, 3.63) is 18.3 Å². The van der Waals surface area contributed by atoms with Gasteiger partial charge in [-0.25, -0.2) is 0 Å². The lowest BCUT2D eigenvalue weighted by atomic mass is 10.3. The van der Waals surface area contributed by atoms with E-state index in [1.54, 1.807) is 0 Å². The highest BCUT2D eigenvalue weighted by molar-refractivity contribution is 5.33. The molecule has 0 saturated heterocycles. The average Bonchev–Trinajstić information content (AvgIpc) is 2.50. The summed E-state index contributed by atoms with van der Waals surface area (Å²) in [6.45, 7) is 1.78. The number of aromatic nitrogens is 1. The average molecular weight is 153 g/mol. The van der Waals surface area contributed by atoms with Gasteiger partial charge in [-0.2, -0.15) is 0 Å². The summed E-state index contributed by atoms with van der Waals surface area (Å²) in [4.78, 5) is 3.07. The third kappa shape index (κ3) is 3.09. The maximum absolute atomic E-state index is 5.35. The molecule has 0 aliphatic carbocycles. The number of nitrogens with one attached hydrogen (secondary N) is 2. The van der Waals surface area contributed by atoms with Crippen molar-refractivity contribution in [2.24, 2.45) is 5.73 Å². The topological polar surface area (TPSA) is 53.8 Å². The number of hydrogen-bond donors (Lipinski definition) is 3. The molecule has 1 rings (SSSR count). The Bertz CT molecular complexity index is 169. The van der Waals surface area contributed by atoms with Crippen LogP contribution in [0.2, 0.25) is 0 Å². The number of nitrogens with two attached hydrogens (primary N) is 1. The molecule has 0 aliphatic rings. The maximum atomic E-state index is 5.35. The normalized spacial score (nSPS) is 9.91. The van der Waals surface area contributed by atoms with E-state index in [2.05, 4.69) is 10.3 Å². The molecule has 0 fully saturated rings. The van der Waals surface area contributed by atoms with Gasteiger partial charge in [0.25, 0.3) is 0 Å². The summed E-state index contributed by atoms with van der Waals surface area (Å²) in [6.07, 6.45) is 4.13. The van der Waals surface area contributed by atoms with Crippen LogP contribution in [-0.4, -0.2) is 18.1 Å². The molecule has 4 N–H and O–H groups in total. The quantitative estimate of drug-likeness (QED) is 0.556. The Balaban J connectivity index is 2.04. The van der Waals surface area contributed by atoms with Gasteiger partial charge < -0.3 is 16.0 Å². The van der Waals surface area contributed by atoms with E-state index in [4.69, 9.17) is 5.73 Å². The van der Waals surface area contributed by atoms with Gasteiger partial charge in [0.15, 0.2) is 0 Å². The lowest BCUT2D eigenvalue weighted by Gasteiger charge is -2.01. The highest BCUT2D eigenvalue weighted by atomic mass is 15.0. The Kier molecular flexibility index (Phi) is 3.55. The summed E-state index contributed by atoms with van der Waals surface area (Å²) in [5.41, 5.74) is 5.35. The van der Waals surface area contributed by atoms with E-state index in [1.165, 1.54) is 0 Å². The molecule has 1 aromatic rings. The molecule has 62 valence electrons. The molecule has 0 atom stereocenters. The van der Waals surface area contributed by atoms with Crippen molar-refractivity contribution in [3.8, 4) is 0 Å². The zero-order valence-corrected chi connectivity index (χ0v) is 6.64. The summed E-state index contributed by atoms with van der Waals surface area (Å²) in [5, 5.41) is 3.25. The second kappa shape index (κ2) is 4.79. The lowest BCUT2D eigenvalue weighted by molar-refractivity contribution is 0.773. The first kappa shape index (κ1) is 8.14. The van der Waals surface area contributed by atoms with E-state index in [9.17, 15) is 0 Å². The number of anilines is 1. The standard InChI is InChI=1S/C8H15N3/c9-5-1-2-6-10-8-4-3-7-11-8/h3-4,7,10-11H,1-2,5-6,9H2. The molecule has 0 spiro atoms. The molecule has 3 nitrogen and oxygen atoms in total. The fourth-order valence-electron chi connectivity index (χ4n) is 0.933. The van der Waals surface area contributed by atoms with Gasteiger partial charge in [0, 0.05) is 12.7 Å². The first-order chi connectivity index (χ1) is 5.43. The van der Waals surface area contributed by atoms with Crippen molar-refractivity contribution in [1.82, 2.24) is 4.98 Å². The van der Waals surface area contributed by atoms with Gasteiger partial charge >= 0.3 is 0 Å². The van der Waals surface area contributed by atoms with E-state index in [1.807, 2.05) is 18.3 Å². The Morgan fingerprint density at radius 1 is 1.45 bits per heavy atom. The molecule has 3 heteroatoms. The van der Waals surface area contributed by atoms with Crippen molar-refractivity contribution >= 4 is 5.82 Å². The number of hydrogen-bond acceptors (Lipinski definition) is 2. The van der Waals surface area contributed by atoms with E-state index in [0.717, 1.165) is 31.7 Å². The predicted octanol–water partition coefficient (Wildman–Crippen LogP) is 1.17. The Labute approximate surface area is 67.0 Å². The Morgan fingerprint density at radius 3 is 3.00 bits per heavy atom. The molecule has 11 heavy (non-hydrogen) atoms. The van der Waals surface area contributed by atoms with Crippen LogP contribution in [0.15, 0.2) is 18.3 Å². The first-order valence-electron chi connectivity index (χ1n) is 4.01. The molecule has 1 aromatic heterocycles. The number of H-pyrrole nitrogens is 1. The lowest BCUT2D eigenvalue weighted by Crippen LogP contribution is -2.05. The van der Waals surface area contributed by atoms with Crippen molar-refractivity contribution in [2.75, 3.05) is 18.4 Å². The van der Waals surface area contributed by atoms with E-state index in [-0.39, 0.29) is 0 Å². The Morgan fingerprint density at radius 2 is 2.36 bits per heavy atom. The molecule has 0 radical (unpaired) electrons. The van der Waals surface area contributed by atoms with Gasteiger partial charge in [-0.05, 0) is 31.5 Å². The van der Waals surface area contributed by atoms with Crippen LogP contribution >= 0.6 is 0 Å². The van der Waals surface area contributed by atoms with Crippen LogP contribution in [0.25, 0.3) is 0 Å². The molecular weight excluding hydrogens is 138 g/mol. The number of unbranched alkanes of at least 4 members (excludes halogenated alkanes) is 1. The molecule has 0 saturated carbocycles. The van der Waals surface area contributed by atoms with Crippen LogP contribution in [0.3, 0.4) is 0 Å². The van der Waals surface area contributed by atoms with Crippen molar-refractivity contribution in [2.45, 2.75) is 12.8 Å². The second-order valence-electron chi connectivity index (χ2n) is 2.51. The molecule has 0 amide bonds. The van der Waals surface area contributed by atoms with Crippen LogP contribution < -0.4 is 11.1 Å². The maximum Gasteiger partial charge on any atom is 0.103 e. The van der Waals surface area contributed by atoms with Gasteiger partial charge in [0.1, 0.15) is 5.82 Å². The summed E-state index contributed by atoms with van der Waals surface area (Å²) in [5.74, 6) is 1.09. The molecule has 0 aromatic carbocycles. The van der Waals surface area contributed by atoms with Gasteiger partial charge in [-0.1, -0.05) is 0 Å². The van der Waals surface area contributed by atoms with E-state index < -0.39 is 0 Å². The summed E-state index contributed by atoms with van der Waals surface area (Å²) in [7, 11) is 0. The summed E-state index contributed by atoms with van der Waals surface area (Å²) in [6, 6.07) is 3.99. The highest BCUT2D eigenvalue weighted by Crippen LogP contribution is 2.00. The molecular formula is C8H15N3. The minimum absolute atomic E-state index is 0.784. The van der Waals surface area contributed by atoms with Crippen molar-refractivity contribution in [3.63, 3.8) is 0 Å². The van der Waals surface area contributed by atoms with Crippen LogP contribution in [0.1, 0.15) is 12.8 Å². The Hall–Kier alpha value is -0.960. The van der Waals surface area contributed by atoms with Crippen molar-refractivity contribution in [1.29, 1.82) is 0 Å². The van der Waals surface area contributed by atoms with Gasteiger partial charge in [0.05, 0.1) is 0 Å². The highest BCUT2D eigenvalue weighted by Gasteiger charge is 1.88. The summed E-state index contributed by atoms with van der Waals surface area (Å²) < 4.78 is 0. The molecule has 0 unspecified atom stereocenters. The monoisotopic (exact) mass is 153 g/mol. The largest absolute Gasteiger partial charge is 0.372 e. The van der Waals surface area contributed by atoms with E-state index in [0.29, 0.717) is 0 Å². The van der Waals surface area contributed by atoms with Crippen molar-refractivity contribution < 1.29 is 0 Å². The third-order valence-electron chi connectivity index (χ3n) is 1.54. The SMILES string of the molecule is NCCCCNc1ccc[nH]1. The van der Waals surface area contributed by atoms with Gasteiger partial charge in [-0.3, -0.25) is 0 Å². The zero-order valence-electron chi connectivity index (χ0n) is 6.64. The molecule has 1 heterocycles. The van der Waals surface area contributed by atoms with Gasteiger partial charge in [0.2, 0.25) is 0 Å². The minimum Gasteiger partial charge on any atom is -0.372 e. The second-order valence-corrected chi connectivity index (χ2v) is 2.51. The van der Waals surface area contributed by atoms with Crippen LogP contribution in [0.4, 0.5) is 5.82 Å². The number of aromatic amines is 1. The first-order valence-corrected chi connectivity index (χ1v) is 4.01. The van der Waals surface area contributed by atoms with Crippen LogP contribution in [-0.2, 0) is 0 Å². The van der Waals surface area contributed by atoms with E-state index >= 15 is 0 Å². The zero-order chi connectivity index (χ0) is 7.94. The number of rotatable bonds is 5. The van der Waals surface area contributed by atoms with Crippen LogP contribution in [0.5, 0.6) is 0 Å². The fraction of sp³-hybridized carbons (Fsp3) is 0.500. The fourth-order valence-corrected chi connectivity index (χ4v) is 0.933. The summed E-state index contributed by atoms with van der Waals surface area (Å²) >= 11 is 0. The predicted molar refractivity (Wildman–Crippen MR) is 47.6 cm³/mol. The molecule has 0 aliphatic heterocycles. The smallest absolute Gasteiger partial charge is 0.103 e. The van der Waals surface area contributed by atoms with Gasteiger partial charge in [-0.15, -0.1) is 0 Å². The van der Waals surface area contributed by atoms with Crippen LogP contribution in [0, 0.1) is 0 Å². The third-order valence-corrected chi connectivity index (χ3v) is 1.54. The minimum atomic E-state index is 0.784.